The van der Waals surface area contributed by atoms with Crippen LogP contribution < -0.4 is 15.4 Å². The van der Waals surface area contributed by atoms with E-state index in [0.29, 0.717) is 22.2 Å². The van der Waals surface area contributed by atoms with Crippen LogP contribution in [0.15, 0.2) is 57.8 Å². The van der Waals surface area contributed by atoms with Gasteiger partial charge >= 0.3 is 6.03 Å². The van der Waals surface area contributed by atoms with Crippen LogP contribution in [0.5, 0.6) is 0 Å². The monoisotopic (exact) mass is 470 g/mol. The molecule has 0 saturated carbocycles. The fourth-order valence-electron chi connectivity index (χ4n) is 3.91. The summed E-state index contributed by atoms with van der Waals surface area (Å²) in [7, 11) is 0.281. The van der Waals surface area contributed by atoms with Crippen LogP contribution in [0, 0.1) is 5.82 Å². The lowest BCUT2D eigenvalue weighted by Gasteiger charge is -2.20. The highest BCUT2D eigenvalue weighted by Crippen LogP contribution is 2.34. The maximum Gasteiger partial charge on any atom is 0.354 e. The molecule has 6 nitrogen and oxygen atoms in total. The molecule has 1 unspecified atom stereocenters. The van der Waals surface area contributed by atoms with Crippen LogP contribution in [0.25, 0.3) is 10.8 Å². The number of nitrogens with zero attached hydrogens (tertiary/aromatic N) is 2. The molecule has 0 radical (unpaired) electrons. The number of anilines is 2. The minimum atomic E-state index is -3.55. The normalized spacial score (nSPS) is 13.3. The molecule has 0 aliphatic heterocycles. The van der Waals surface area contributed by atoms with E-state index in [0.717, 1.165) is 11.1 Å². The van der Waals surface area contributed by atoms with Gasteiger partial charge in [-0.1, -0.05) is 52.0 Å². The third kappa shape index (κ3) is 5.17. The second-order valence-corrected chi connectivity index (χ2v) is 10.6. The van der Waals surface area contributed by atoms with E-state index in [1.165, 1.54) is 12.1 Å². The van der Waals surface area contributed by atoms with Crippen LogP contribution in [0.4, 0.5) is 20.6 Å². The Balaban J connectivity index is 2.10. The van der Waals surface area contributed by atoms with Crippen molar-refractivity contribution in [1.82, 2.24) is 0 Å². The van der Waals surface area contributed by atoms with Gasteiger partial charge in [-0.3, -0.25) is 0 Å². The largest absolute Gasteiger partial charge is 0.377 e. The molecular formula is C25H31FN4O2S. The molecule has 176 valence electrons. The van der Waals surface area contributed by atoms with E-state index in [9.17, 15) is 13.4 Å². The van der Waals surface area contributed by atoms with Crippen molar-refractivity contribution >= 4 is 38.1 Å². The lowest BCUT2D eigenvalue weighted by Crippen LogP contribution is -2.20. The van der Waals surface area contributed by atoms with Crippen LogP contribution in [-0.2, 0) is 9.92 Å². The van der Waals surface area contributed by atoms with Crippen molar-refractivity contribution in [3.8, 4) is 0 Å². The van der Waals surface area contributed by atoms with E-state index in [-0.39, 0.29) is 22.5 Å². The number of nitrogens with two attached hydrogens (primary N) is 1. The van der Waals surface area contributed by atoms with Crippen molar-refractivity contribution in [3.05, 3.63) is 65.5 Å². The Kier molecular flexibility index (Phi) is 7.09. The third-order valence-electron chi connectivity index (χ3n) is 5.52. The molecule has 3 aromatic rings. The number of hydrogen-bond donors (Lipinski definition) is 2. The number of carbonyl (C=O) groups excluding carboxylic acids is 1. The molecule has 0 saturated heterocycles. The van der Waals surface area contributed by atoms with Gasteiger partial charge in [0, 0.05) is 36.2 Å². The first-order chi connectivity index (χ1) is 15.4. The number of amides is 2. The Bertz CT molecular complexity index is 1300. The Morgan fingerprint density at radius 2 is 1.55 bits per heavy atom. The summed E-state index contributed by atoms with van der Waals surface area (Å²) in [6, 6.07) is 12.9. The number of nitrogens with one attached hydrogen (secondary N) is 1. The first kappa shape index (κ1) is 24.7. The van der Waals surface area contributed by atoms with Gasteiger partial charge in [0.2, 0.25) is 0 Å². The van der Waals surface area contributed by atoms with Crippen molar-refractivity contribution in [2.24, 2.45) is 9.50 Å². The van der Waals surface area contributed by atoms with Gasteiger partial charge in [-0.2, -0.15) is 0 Å². The van der Waals surface area contributed by atoms with E-state index in [2.05, 4.69) is 9.68 Å². The second-order valence-electron chi connectivity index (χ2n) is 8.88. The lowest BCUT2D eigenvalue weighted by atomic mass is 9.92. The number of hydrogen-bond acceptors (Lipinski definition) is 3. The first-order valence-corrected chi connectivity index (χ1v) is 12.4. The predicted molar refractivity (Wildman–Crippen MR) is 135 cm³/mol. The van der Waals surface area contributed by atoms with E-state index < -0.39 is 15.9 Å². The Morgan fingerprint density at radius 1 is 1.00 bits per heavy atom. The molecule has 0 aliphatic rings. The summed E-state index contributed by atoms with van der Waals surface area (Å²) in [6.07, 6.45) is 0. The summed E-state index contributed by atoms with van der Waals surface area (Å²) in [5.41, 5.74) is 2.71. The number of benzene rings is 3. The number of carbonyl (C=O) groups is 1. The van der Waals surface area contributed by atoms with Gasteiger partial charge in [0.25, 0.3) is 0 Å². The zero-order valence-corrected chi connectivity index (χ0v) is 20.7. The second kappa shape index (κ2) is 9.49. The van der Waals surface area contributed by atoms with Crippen molar-refractivity contribution in [2.75, 3.05) is 24.3 Å². The van der Waals surface area contributed by atoms with Gasteiger partial charge in [0.1, 0.15) is 15.7 Å². The zero-order chi connectivity index (χ0) is 24.5. The molecule has 0 aliphatic carbocycles. The molecule has 0 spiro atoms. The highest BCUT2D eigenvalue weighted by molar-refractivity contribution is 7.92. The quantitative estimate of drug-likeness (QED) is 0.464. The first-order valence-electron chi connectivity index (χ1n) is 10.8. The van der Waals surface area contributed by atoms with Crippen molar-refractivity contribution in [2.45, 2.75) is 44.4 Å². The number of urea groups is 1. The van der Waals surface area contributed by atoms with Gasteiger partial charge in [0.05, 0.1) is 4.90 Å². The van der Waals surface area contributed by atoms with Crippen molar-refractivity contribution < 1.29 is 13.4 Å². The molecule has 0 bridgehead atoms. The minimum absolute atomic E-state index is 0.0433. The number of rotatable bonds is 5. The van der Waals surface area contributed by atoms with Crippen LogP contribution in [0.1, 0.15) is 50.7 Å². The van der Waals surface area contributed by atoms with Crippen LogP contribution in [0.2, 0.25) is 0 Å². The molecule has 8 heteroatoms. The van der Waals surface area contributed by atoms with E-state index in [1.807, 2.05) is 77.0 Å². The van der Waals surface area contributed by atoms with Gasteiger partial charge in [0.15, 0.2) is 0 Å². The van der Waals surface area contributed by atoms with E-state index in [1.54, 1.807) is 6.07 Å². The van der Waals surface area contributed by atoms with Crippen LogP contribution >= 0.6 is 0 Å². The zero-order valence-electron chi connectivity index (χ0n) is 19.8. The van der Waals surface area contributed by atoms with Crippen molar-refractivity contribution in [1.29, 1.82) is 0 Å². The molecule has 3 N–H and O–H groups in total. The highest BCUT2D eigenvalue weighted by Gasteiger charge is 2.20. The summed E-state index contributed by atoms with van der Waals surface area (Å²) >= 11 is 0. The maximum atomic E-state index is 14.2. The van der Waals surface area contributed by atoms with Crippen LogP contribution in [-0.4, -0.2) is 24.3 Å². The van der Waals surface area contributed by atoms with Gasteiger partial charge in [-0.15, -0.1) is 4.36 Å². The average Bonchev–Trinajstić information content (AvgIpc) is 2.72. The molecular weight excluding hydrogens is 439 g/mol. The van der Waals surface area contributed by atoms with E-state index >= 15 is 0 Å². The SMILES string of the molecule is CC(C)c1cc(F)cc(C(C)C)c1NC(=O)N=S(N)(=O)c1ccc(N(C)C)c2ccccc12. The third-order valence-corrected chi connectivity index (χ3v) is 6.94. The topological polar surface area (TPSA) is 87.8 Å². The Morgan fingerprint density at radius 3 is 2.06 bits per heavy atom. The molecule has 3 aromatic carbocycles. The Hall–Kier alpha value is -2.97. The van der Waals surface area contributed by atoms with Gasteiger partial charge < -0.3 is 10.2 Å². The number of fused-ring (bicyclic) bond motifs is 1. The van der Waals surface area contributed by atoms with Gasteiger partial charge in [-0.25, -0.2) is 18.5 Å². The lowest BCUT2D eigenvalue weighted by molar-refractivity contribution is 0.260. The molecule has 3 rings (SSSR count). The minimum Gasteiger partial charge on any atom is -0.377 e. The Labute approximate surface area is 195 Å². The smallest absolute Gasteiger partial charge is 0.354 e. The summed E-state index contributed by atoms with van der Waals surface area (Å²) in [5, 5.41) is 10.4. The number of halogens is 1. The fraction of sp³-hybridized carbons (Fsp3) is 0.320. The standard InChI is InChI=1S/C25H31FN4O2S/c1-15(2)20-13-17(26)14-21(16(3)4)24(20)28-25(31)29-33(27,32)23-12-11-22(30(5)6)18-9-7-8-10-19(18)23/h7-16H,1-6H3,(H3,27,28,29,31,32). The highest BCUT2D eigenvalue weighted by atomic mass is 32.2. The van der Waals surface area contributed by atoms with Crippen molar-refractivity contribution in [3.63, 3.8) is 0 Å². The predicted octanol–water partition coefficient (Wildman–Crippen LogP) is 6.22. The summed E-state index contributed by atoms with van der Waals surface area (Å²) in [6.45, 7) is 7.65. The van der Waals surface area contributed by atoms with E-state index in [4.69, 9.17) is 5.14 Å². The molecule has 0 heterocycles. The molecule has 0 fully saturated rings. The summed E-state index contributed by atoms with van der Waals surface area (Å²) in [4.78, 5) is 15.1. The van der Waals surface area contributed by atoms with Crippen LogP contribution in [0.3, 0.4) is 0 Å². The summed E-state index contributed by atoms with van der Waals surface area (Å²) in [5.74, 6) is -0.455. The molecule has 2 amide bonds. The molecule has 0 aromatic heterocycles. The average molecular weight is 471 g/mol. The fourth-order valence-corrected chi connectivity index (χ4v) is 5.05. The molecule has 33 heavy (non-hydrogen) atoms. The molecule has 1 atom stereocenters. The summed E-state index contributed by atoms with van der Waals surface area (Å²) < 4.78 is 31.5. The van der Waals surface area contributed by atoms with Gasteiger partial charge in [-0.05, 0) is 47.2 Å². The maximum absolute atomic E-state index is 14.2.